The van der Waals surface area contributed by atoms with Crippen LogP contribution in [0.4, 0.5) is 5.69 Å². The summed E-state index contributed by atoms with van der Waals surface area (Å²) < 4.78 is 0. The van der Waals surface area contributed by atoms with Gasteiger partial charge in [0.25, 0.3) is 0 Å². The average Bonchev–Trinajstić information content (AvgIpc) is 2.20. The van der Waals surface area contributed by atoms with Crippen molar-refractivity contribution in [3.05, 3.63) is 28.2 Å². The summed E-state index contributed by atoms with van der Waals surface area (Å²) in [6, 6.07) is 4.86. The van der Waals surface area contributed by atoms with Crippen LogP contribution >= 0.6 is 23.2 Å². The number of hydrogen-bond acceptors (Lipinski definition) is 4. The Bertz CT molecular complexity index is 465. The van der Waals surface area contributed by atoms with Gasteiger partial charge in [-0.2, -0.15) is 15.2 Å². The van der Waals surface area contributed by atoms with E-state index >= 15 is 0 Å². The van der Waals surface area contributed by atoms with Gasteiger partial charge in [0.15, 0.2) is 5.66 Å². The van der Waals surface area contributed by atoms with Gasteiger partial charge in [-0.3, -0.25) is 0 Å². The minimum Gasteiger partial charge on any atom is -0.211 e. The van der Waals surface area contributed by atoms with Crippen molar-refractivity contribution in [2.45, 2.75) is 19.5 Å². The van der Waals surface area contributed by atoms with Crippen LogP contribution in [0.25, 0.3) is 0 Å². The number of aliphatic imine (C=N–C) groups is 1. The molecule has 4 nitrogen and oxygen atoms in total. The van der Waals surface area contributed by atoms with Crippen LogP contribution in [0.2, 0.25) is 10.0 Å². The van der Waals surface area contributed by atoms with Crippen LogP contribution in [-0.2, 0) is 4.79 Å². The molecule has 0 bridgehead atoms. The van der Waals surface area contributed by atoms with E-state index in [4.69, 9.17) is 23.2 Å². The second-order valence-corrected chi connectivity index (χ2v) is 4.31. The SMILES string of the molecule is CC(C)(N=C=O)N=Nc1ccc(Cl)c(Cl)c1. The predicted octanol–water partition coefficient (Wildman–Crippen LogP) is 4.15. The van der Waals surface area contributed by atoms with Gasteiger partial charge < -0.3 is 0 Å². The summed E-state index contributed by atoms with van der Waals surface area (Å²) in [5, 5.41) is 8.64. The normalized spacial score (nSPS) is 11.5. The van der Waals surface area contributed by atoms with Crippen molar-refractivity contribution < 1.29 is 4.79 Å². The Balaban J connectivity index is 2.92. The molecule has 1 aromatic carbocycles. The van der Waals surface area contributed by atoms with E-state index in [1.54, 1.807) is 32.0 Å². The van der Waals surface area contributed by atoms with E-state index in [0.717, 1.165) is 0 Å². The number of isocyanates is 1. The molecule has 0 aromatic heterocycles. The van der Waals surface area contributed by atoms with E-state index in [2.05, 4.69) is 15.2 Å². The Morgan fingerprint density at radius 1 is 1.25 bits per heavy atom. The zero-order valence-corrected chi connectivity index (χ0v) is 10.2. The fourth-order valence-electron chi connectivity index (χ4n) is 0.861. The Morgan fingerprint density at radius 3 is 2.50 bits per heavy atom. The third-order valence-electron chi connectivity index (χ3n) is 1.63. The quantitative estimate of drug-likeness (QED) is 0.456. The second kappa shape index (κ2) is 5.21. The summed E-state index contributed by atoms with van der Waals surface area (Å²) in [5.74, 6) is 0. The molecule has 0 unspecified atom stereocenters. The summed E-state index contributed by atoms with van der Waals surface area (Å²) in [7, 11) is 0. The van der Waals surface area contributed by atoms with E-state index in [9.17, 15) is 4.79 Å². The van der Waals surface area contributed by atoms with Gasteiger partial charge in [0.2, 0.25) is 6.08 Å². The molecule has 0 spiro atoms. The maximum absolute atomic E-state index is 10.1. The first-order chi connectivity index (χ1) is 7.44. The first-order valence-corrected chi connectivity index (χ1v) is 5.17. The highest BCUT2D eigenvalue weighted by atomic mass is 35.5. The van der Waals surface area contributed by atoms with Crippen molar-refractivity contribution in [2.24, 2.45) is 15.2 Å². The van der Waals surface area contributed by atoms with Crippen molar-refractivity contribution in [1.82, 2.24) is 0 Å². The maximum atomic E-state index is 10.1. The van der Waals surface area contributed by atoms with E-state index < -0.39 is 5.66 Å². The molecule has 0 saturated heterocycles. The zero-order valence-electron chi connectivity index (χ0n) is 8.74. The molecule has 0 amide bonds. The van der Waals surface area contributed by atoms with Crippen LogP contribution in [0.15, 0.2) is 33.4 Å². The van der Waals surface area contributed by atoms with Crippen LogP contribution in [-0.4, -0.2) is 11.7 Å². The van der Waals surface area contributed by atoms with Gasteiger partial charge >= 0.3 is 0 Å². The summed E-state index contributed by atoms with van der Waals surface area (Å²) in [4.78, 5) is 13.6. The van der Waals surface area contributed by atoms with Crippen molar-refractivity contribution in [3.8, 4) is 0 Å². The molecule has 0 atom stereocenters. The smallest absolute Gasteiger partial charge is 0.211 e. The van der Waals surface area contributed by atoms with Crippen molar-refractivity contribution in [1.29, 1.82) is 0 Å². The van der Waals surface area contributed by atoms with Crippen LogP contribution in [0.3, 0.4) is 0 Å². The van der Waals surface area contributed by atoms with Gasteiger partial charge in [-0.05, 0) is 32.0 Å². The number of rotatable bonds is 3. The first-order valence-electron chi connectivity index (χ1n) is 4.41. The molecule has 0 aliphatic rings. The largest absolute Gasteiger partial charge is 0.237 e. The molecule has 16 heavy (non-hydrogen) atoms. The third-order valence-corrected chi connectivity index (χ3v) is 2.37. The summed E-state index contributed by atoms with van der Waals surface area (Å²) in [6.45, 7) is 3.28. The molecule has 0 N–H and O–H groups in total. The van der Waals surface area contributed by atoms with E-state index in [-0.39, 0.29) is 0 Å². The summed E-state index contributed by atoms with van der Waals surface area (Å²) in [5.41, 5.74) is -0.378. The fourth-order valence-corrected chi connectivity index (χ4v) is 1.15. The van der Waals surface area contributed by atoms with Crippen molar-refractivity contribution in [2.75, 3.05) is 0 Å². The van der Waals surface area contributed by atoms with Crippen LogP contribution in [0, 0.1) is 0 Å². The molecule has 1 aromatic rings. The minimum absolute atomic E-state index is 0.398. The zero-order chi connectivity index (χ0) is 12.2. The summed E-state index contributed by atoms with van der Waals surface area (Å²) >= 11 is 11.6. The number of azo groups is 1. The third kappa shape index (κ3) is 3.74. The molecule has 0 aliphatic heterocycles. The molecule has 0 aliphatic carbocycles. The Morgan fingerprint density at radius 2 is 1.94 bits per heavy atom. The Kier molecular flexibility index (Phi) is 4.19. The number of halogens is 2. The van der Waals surface area contributed by atoms with Gasteiger partial charge in [0.1, 0.15) is 0 Å². The molecule has 1 rings (SSSR count). The lowest BCUT2D eigenvalue weighted by Crippen LogP contribution is -2.10. The van der Waals surface area contributed by atoms with Gasteiger partial charge in [-0.25, -0.2) is 4.79 Å². The highest BCUT2D eigenvalue weighted by Gasteiger charge is 2.13. The first kappa shape index (κ1) is 12.8. The molecule has 84 valence electrons. The van der Waals surface area contributed by atoms with Crippen LogP contribution in [0.1, 0.15) is 13.8 Å². The number of hydrogen-bond donors (Lipinski definition) is 0. The number of nitrogens with zero attached hydrogens (tertiary/aromatic N) is 3. The Hall–Kier alpha value is -1.22. The molecular formula is C10H9Cl2N3O. The predicted molar refractivity (Wildman–Crippen MR) is 63.2 cm³/mol. The van der Waals surface area contributed by atoms with Gasteiger partial charge in [0.05, 0.1) is 15.7 Å². The highest BCUT2D eigenvalue weighted by Crippen LogP contribution is 2.27. The molecule has 0 radical (unpaired) electrons. The highest BCUT2D eigenvalue weighted by molar-refractivity contribution is 6.42. The lowest BCUT2D eigenvalue weighted by atomic mass is 10.3. The van der Waals surface area contributed by atoms with E-state index in [1.165, 1.54) is 6.08 Å². The van der Waals surface area contributed by atoms with Gasteiger partial charge in [-0.15, -0.1) is 0 Å². The average molecular weight is 258 g/mol. The van der Waals surface area contributed by atoms with E-state index in [0.29, 0.717) is 15.7 Å². The van der Waals surface area contributed by atoms with E-state index in [1.807, 2.05) is 0 Å². The van der Waals surface area contributed by atoms with Gasteiger partial charge in [-0.1, -0.05) is 23.2 Å². The molecule has 0 heterocycles. The number of carbonyl (C=O) groups excluding carboxylic acids is 1. The van der Waals surface area contributed by atoms with Crippen molar-refractivity contribution >= 4 is 35.0 Å². The molecular weight excluding hydrogens is 249 g/mol. The van der Waals surface area contributed by atoms with Crippen LogP contribution in [0.5, 0.6) is 0 Å². The standard InChI is InChI=1S/C10H9Cl2N3O/c1-10(2,13-6-16)15-14-7-3-4-8(11)9(12)5-7/h3-5H,1-2H3. The monoisotopic (exact) mass is 257 g/mol. The second-order valence-electron chi connectivity index (χ2n) is 3.50. The van der Waals surface area contributed by atoms with Gasteiger partial charge in [0, 0.05) is 0 Å². The fraction of sp³-hybridized carbons (Fsp3) is 0.300. The van der Waals surface area contributed by atoms with Crippen molar-refractivity contribution in [3.63, 3.8) is 0 Å². The Labute approximate surface area is 103 Å². The molecule has 0 fully saturated rings. The lowest BCUT2D eigenvalue weighted by Gasteiger charge is -2.08. The number of benzene rings is 1. The maximum Gasteiger partial charge on any atom is 0.237 e. The lowest BCUT2D eigenvalue weighted by molar-refractivity contribution is 0.504. The topological polar surface area (TPSA) is 54.1 Å². The minimum atomic E-state index is -0.923. The van der Waals surface area contributed by atoms with Crippen LogP contribution < -0.4 is 0 Å². The molecule has 6 heteroatoms. The summed E-state index contributed by atoms with van der Waals surface area (Å²) in [6.07, 6.45) is 1.44. The molecule has 0 saturated carbocycles.